The highest BCUT2D eigenvalue weighted by atomic mass is 19.4. The number of piperidine rings is 2. The van der Waals surface area contributed by atoms with E-state index in [1.165, 1.54) is 29.3 Å². The van der Waals surface area contributed by atoms with Crippen LogP contribution in [0.1, 0.15) is 54.7 Å². The quantitative estimate of drug-likeness (QED) is 0.324. The van der Waals surface area contributed by atoms with Gasteiger partial charge in [-0.3, -0.25) is 4.79 Å². The number of nitrogens with zero attached hydrogens (tertiary/aromatic N) is 1. The Morgan fingerprint density at radius 2 is 1.48 bits per heavy atom. The SMILES string of the molecule is O=C(Cc1cccc(OC(F)(F)F)c1)C1CC2CCCC(C1)N2C(=O)OCC1c2ccccc2-c2ccccc21. The Labute approximate surface area is 230 Å². The van der Waals surface area contributed by atoms with Crippen molar-refractivity contribution in [3.63, 3.8) is 0 Å². The molecule has 2 atom stereocenters. The molecule has 3 aromatic rings. The molecule has 0 radical (unpaired) electrons. The van der Waals surface area contributed by atoms with Crippen LogP contribution in [-0.2, 0) is 16.0 Å². The van der Waals surface area contributed by atoms with Crippen molar-refractivity contribution in [3.05, 3.63) is 89.5 Å². The summed E-state index contributed by atoms with van der Waals surface area (Å²) in [6, 6.07) is 21.8. The molecule has 0 N–H and O–H groups in total. The largest absolute Gasteiger partial charge is 0.573 e. The van der Waals surface area contributed by atoms with Crippen molar-refractivity contribution in [1.82, 2.24) is 4.90 Å². The normalized spacial score (nSPS) is 21.9. The lowest BCUT2D eigenvalue weighted by Gasteiger charge is -2.47. The molecule has 6 rings (SSSR count). The Morgan fingerprint density at radius 1 is 0.850 bits per heavy atom. The maximum atomic E-state index is 13.4. The second-order valence-corrected chi connectivity index (χ2v) is 11.0. The number of hydrogen-bond acceptors (Lipinski definition) is 4. The number of fused-ring (bicyclic) bond motifs is 5. The molecule has 0 saturated carbocycles. The summed E-state index contributed by atoms with van der Waals surface area (Å²) in [6.07, 6.45) is -1.41. The molecule has 2 bridgehead atoms. The Morgan fingerprint density at radius 3 is 2.10 bits per heavy atom. The molecule has 0 aromatic heterocycles. The highest BCUT2D eigenvalue weighted by molar-refractivity contribution is 5.84. The third-order valence-electron chi connectivity index (χ3n) is 8.49. The van der Waals surface area contributed by atoms with E-state index in [1.54, 1.807) is 6.07 Å². The Balaban J connectivity index is 1.10. The van der Waals surface area contributed by atoms with Crippen LogP contribution in [-0.4, -0.2) is 41.8 Å². The van der Waals surface area contributed by atoms with Crippen molar-refractivity contribution in [2.24, 2.45) is 5.92 Å². The number of amides is 1. The molecule has 3 aromatic carbocycles. The lowest BCUT2D eigenvalue weighted by Crippen LogP contribution is -2.56. The molecule has 40 heavy (non-hydrogen) atoms. The summed E-state index contributed by atoms with van der Waals surface area (Å²) in [4.78, 5) is 28.5. The number of carbonyl (C=O) groups excluding carboxylic acids is 2. The van der Waals surface area contributed by atoms with E-state index in [2.05, 4.69) is 29.0 Å². The van der Waals surface area contributed by atoms with Crippen LogP contribution in [0.3, 0.4) is 0 Å². The van der Waals surface area contributed by atoms with Gasteiger partial charge in [0.2, 0.25) is 0 Å². The number of halogens is 3. The minimum Gasteiger partial charge on any atom is -0.448 e. The highest BCUT2D eigenvalue weighted by Gasteiger charge is 2.44. The van der Waals surface area contributed by atoms with Gasteiger partial charge in [-0.25, -0.2) is 4.79 Å². The first-order valence-electron chi connectivity index (χ1n) is 13.8. The van der Waals surface area contributed by atoms with E-state index in [0.717, 1.165) is 30.4 Å². The van der Waals surface area contributed by atoms with Crippen LogP contribution in [0.25, 0.3) is 11.1 Å². The Kier molecular flexibility index (Phi) is 7.02. The van der Waals surface area contributed by atoms with Gasteiger partial charge in [0.05, 0.1) is 0 Å². The van der Waals surface area contributed by atoms with Crippen molar-refractivity contribution >= 4 is 11.9 Å². The minimum atomic E-state index is -4.79. The predicted molar refractivity (Wildman–Crippen MR) is 143 cm³/mol. The predicted octanol–water partition coefficient (Wildman–Crippen LogP) is 7.28. The number of rotatable bonds is 6. The van der Waals surface area contributed by atoms with E-state index in [-0.39, 0.29) is 54.6 Å². The fraction of sp³-hybridized carbons (Fsp3) is 0.375. The van der Waals surface area contributed by atoms with E-state index in [4.69, 9.17) is 4.74 Å². The molecular weight excluding hydrogens is 519 g/mol. The molecule has 5 nitrogen and oxygen atoms in total. The van der Waals surface area contributed by atoms with Crippen LogP contribution in [0.2, 0.25) is 0 Å². The van der Waals surface area contributed by atoms with Crippen LogP contribution in [0, 0.1) is 5.92 Å². The van der Waals surface area contributed by atoms with Crippen LogP contribution in [0.5, 0.6) is 5.75 Å². The van der Waals surface area contributed by atoms with E-state index >= 15 is 0 Å². The zero-order chi connectivity index (χ0) is 27.9. The van der Waals surface area contributed by atoms with Gasteiger partial charge >= 0.3 is 12.5 Å². The summed E-state index contributed by atoms with van der Waals surface area (Å²) in [5.41, 5.74) is 5.14. The van der Waals surface area contributed by atoms with Gasteiger partial charge in [0.15, 0.2) is 0 Å². The summed E-state index contributed by atoms with van der Waals surface area (Å²) >= 11 is 0. The van der Waals surface area contributed by atoms with E-state index in [9.17, 15) is 22.8 Å². The summed E-state index contributed by atoms with van der Waals surface area (Å²) < 4.78 is 47.8. The van der Waals surface area contributed by atoms with E-state index in [1.807, 2.05) is 29.2 Å². The van der Waals surface area contributed by atoms with Gasteiger partial charge in [-0.15, -0.1) is 13.2 Å². The highest BCUT2D eigenvalue weighted by Crippen LogP contribution is 2.45. The molecule has 1 aliphatic carbocycles. The second kappa shape index (κ2) is 10.6. The van der Waals surface area contributed by atoms with Gasteiger partial charge in [-0.1, -0.05) is 60.7 Å². The van der Waals surface area contributed by atoms with Crippen LogP contribution < -0.4 is 4.74 Å². The first-order valence-corrected chi connectivity index (χ1v) is 13.8. The van der Waals surface area contributed by atoms with Crippen LogP contribution in [0.4, 0.5) is 18.0 Å². The molecule has 3 aliphatic rings. The molecule has 2 saturated heterocycles. The number of ketones is 1. The molecule has 8 heteroatoms. The third-order valence-corrected chi connectivity index (χ3v) is 8.49. The molecule has 0 spiro atoms. The number of hydrogen-bond donors (Lipinski definition) is 0. The molecule has 1 amide bonds. The zero-order valence-corrected chi connectivity index (χ0v) is 21.9. The van der Waals surface area contributed by atoms with E-state index < -0.39 is 6.36 Å². The monoisotopic (exact) mass is 549 g/mol. The van der Waals surface area contributed by atoms with Gasteiger partial charge in [-0.2, -0.15) is 0 Å². The maximum absolute atomic E-state index is 13.4. The fourth-order valence-corrected chi connectivity index (χ4v) is 6.81. The van der Waals surface area contributed by atoms with Gasteiger partial charge in [-0.05, 0) is 72.1 Å². The fourth-order valence-electron chi connectivity index (χ4n) is 6.81. The lowest BCUT2D eigenvalue weighted by molar-refractivity contribution is -0.274. The Bertz CT molecular complexity index is 1360. The third kappa shape index (κ3) is 5.31. The lowest BCUT2D eigenvalue weighted by atomic mass is 9.76. The first kappa shape index (κ1) is 26.4. The van der Waals surface area contributed by atoms with Gasteiger partial charge in [0.25, 0.3) is 0 Å². The molecule has 2 heterocycles. The topological polar surface area (TPSA) is 55.8 Å². The van der Waals surface area contributed by atoms with Gasteiger partial charge < -0.3 is 14.4 Å². The number of benzene rings is 3. The average molecular weight is 550 g/mol. The molecule has 208 valence electrons. The van der Waals surface area contributed by atoms with Gasteiger partial charge in [0.1, 0.15) is 18.1 Å². The molecule has 2 unspecified atom stereocenters. The number of Topliss-reactive ketones (excluding diaryl/α,β-unsaturated/α-hetero) is 1. The number of alkyl halides is 3. The van der Waals surface area contributed by atoms with Crippen LogP contribution >= 0.6 is 0 Å². The molecule has 2 aliphatic heterocycles. The summed E-state index contributed by atoms with van der Waals surface area (Å²) in [5, 5.41) is 0. The van der Waals surface area contributed by atoms with Crippen LogP contribution in [0.15, 0.2) is 72.8 Å². The van der Waals surface area contributed by atoms with Crippen molar-refractivity contribution in [2.75, 3.05) is 6.61 Å². The number of carbonyl (C=O) groups is 2. The summed E-state index contributed by atoms with van der Waals surface area (Å²) in [7, 11) is 0. The van der Waals surface area contributed by atoms with Gasteiger partial charge in [0, 0.05) is 30.3 Å². The maximum Gasteiger partial charge on any atom is 0.573 e. The van der Waals surface area contributed by atoms with Crippen molar-refractivity contribution in [3.8, 4) is 16.9 Å². The van der Waals surface area contributed by atoms with Crippen molar-refractivity contribution < 1.29 is 32.2 Å². The first-order chi connectivity index (χ1) is 19.3. The van der Waals surface area contributed by atoms with Crippen molar-refractivity contribution in [2.45, 2.75) is 62.9 Å². The standard InChI is InChI=1S/C32H30F3NO4/c33-32(34,35)40-24-10-5-7-20(15-24)16-30(37)21-17-22-8-6-9-23(18-21)36(22)31(38)39-19-29-27-13-3-1-11-25(27)26-12-2-4-14-28(26)29/h1-5,7,10-15,21-23,29H,6,8-9,16-19H2. The molecule has 2 fully saturated rings. The summed E-state index contributed by atoms with van der Waals surface area (Å²) in [5.74, 6) is -0.625. The smallest absolute Gasteiger partial charge is 0.448 e. The molecular formula is C32H30F3NO4. The van der Waals surface area contributed by atoms with Crippen molar-refractivity contribution in [1.29, 1.82) is 0 Å². The second-order valence-electron chi connectivity index (χ2n) is 11.0. The zero-order valence-electron chi connectivity index (χ0n) is 21.9. The minimum absolute atomic E-state index is 0.0201. The number of ether oxygens (including phenoxy) is 2. The summed E-state index contributed by atoms with van der Waals surface area (Å²) in [6.45, 7) is 0.251. The van der Waals surface area contributed by atoms with E-state index in [0.29, 0.717) is 18.4 Å². The average Bonchev–Trinajstić information content (AvgIpc) is 3.24. The Hall–Kier alpha value is -3.81.